The van der Waals surface area contributed by atoms with Crippen LogP contribution < -0.4 is 4.74 Å². The third-order valence-electron chi connectivity index (χ3n) is 5.63. The average molecular weight is 516 g/mol. The normalized spacial score (nSPS) is 18.7. The molecule has 4 rings (SSSR count). The number of allylic oxidation sites excluding steroid dienone is 1. The summed E-state index contributed by atoms with van der Waals surface area (Å²) in [6.45, 7) is 11.2. The van der Waals surface area contributed by atoms with Gasteiger partial charge in [0, 0.05) is 29.7 Å². The summed E-state index contributed by atoms with van der Waals surface area (Å²) in [6, 6.07) is 8.32. The van der Waals surface area contributed by atoms with E-state index in [2.05, 4.69) is 56.2 Å². The zero-order valence-corrected chi connectivity index (χ0v) is 23.4. The summed E-state index contributed by atoms with van der Waals surface area (Å²) in [7, 11) is 1.86. The quantitative estimate of drug-likeness (QED) is 0.315. The number of rotatable bonds is 4. The van der Waals surface area contributed by atoms with E-state index in [1.807, 2.05) is 27.0 Å². The Balaban J connectivity index is 1.64. The van der Waals surface area contributed by atoms with Crippen molar-refractivity contribution in [1.29, 1.82) is 0 Å². The molecular formula is C26H33N3O2S3. The van der Waals surface area contributed by atoms with E-state index >= 15 is 0 Å². The predicted molar refractivity (Wildman–Crippen MR) is 150 cm³/mol. The molecular weight excluding hydrogens is 483 g/mol. The Morgan fingerprint density at radius 2 is 2.18 bits per heavy atom. The smallest absolute Gasteiger partial charge is 0.175 e. The number of amidine groups is 2. The third kappa shape index (κ3) is 5.25. The summed E-state index contributed by atoms with van der Waals surface area (Å²) in [4.78, 5) is 13.3. The van der Waals surface area contributed by atoms with Crippen molar-refractivity contribution in [2.45, 2.75) is 65.1 Å². The van der Waals surface area contributed by atoms with E-state index in [9.17, 15) is 0 Å². The highest BCUT2D eigenvalue weighted by atomic mass is 32.2. The Labute approximate surface area is 215 Å². The van der Waals surface area contributed by atoms with Gasteiger partial charge >= 0.3 is 0 Å². The molecule has 0 saturated carbocycles. The number of fused-ring (bicyclic) bond motifs is 3. The average Bonchev–Trinajstić information content (AvgIpc) is 3.15. The van der Waals surface area contributed by atoms with Gasteiger partial charge in [-0.25, -0.2) is 4.99 Å². The van der Waals surface area contributed by atoms with Gasteiger partial charge in [0.15, 0.2) is 10.3 Å². The number of thiophene rings is 1. The van der Waals surface area contributed by atoms with Crippen molar-refractivity contribution in [3.8, 4) is 5.75 Å². The van der Waals surface area contributed by atoms with Crippen LogP contribution in [0.3, 0.4) is 0 Å². The summed E-state index contributed by atoms with van der Waals surface area (Å²) in [5, 5.41) is 2.97. The lowest BCUT2D eigenvalue weighted by atomic mass is 9.91. The standard InChI is InChI=1S/C26H33N3O2S3/c1-8-20-22-19-13-26(4,5)30-14-21(19)34-23(22)28-25(32-7)29(20)24(27-6)33-15-17-10-9-11-18(12-17)31-16(2)3/h8-12,16H,13-15H2,1-7H3. The zero-order valence-electron chi connectivity index (χ0n) is 21.0. The highest BCUT2D eigenvalue weighted by molar-refractivity contribution is 8.15. The molecule has 1 aromatic heterocycles. The summed E-state index contributed by atoms with van der Waals surface area (Å²) in [6.07, 6.45) is 5.32. The predicted octanol–water partition coefficient (Wildman–Crippen LogP) is 7.33. The van der Waals surface area contributed by atoms with Crippen LogP contribution in [0.15, 0.2) is 40.3 Å². The molecule has 34 heavy (non-hydrogen) atoms. The second-order valence-electron chi connectivity index (χ2n) is 9.13. The number of ether oxygens (including phenoxy) is 2. The number of aliphatic imine (C=N–C) groups is 2. The molecule has 8 heteroatoms. The summed E-state index contributed by atoms with van der Waals surface area (Å²) in [5.74, 6) is 1.70. The van der Waals surface area contributed by atoms with Crippen LogP contribution in [0.5, 0.6) is 5.75 Å². The monoisotopic (exact) mass is 515 g/mol. The lowest BCUT2D eigenvalue weighted by Crippen LogP contribution is -2.35. The second kappa shape index (κ2) is 10.5. The molecule has 3 heterocycles. The van der Waals surface area contributed by atoms with Crippen molar-refractivity contribution in [2.75, 3.05) is 13.3 Å². The van der Waals surface area contributed by atoms with Gasteiger partial charge in [-0.2, -0.15) is 0 Å². The Morgan fingerprint density at radius 1 is 1.38 bits per heavy atom. The fourth-order valence-corrected chi connectivity index (χ4v) is 6.88. The highest BCUT2D eigenvalue weighted by Gasteiger charge is 2.37. The topological polar surface area (TPSA) is 46.4 Å². The molecule has 5 nitrogen and oxygen atoms in total. The molecule has 0 unspecified atom stereocenters. The number of benzene rings is 1. The minimum atomic E-state index is -0.172. The van der Waals surface area contributed by atoms with Crippen molar-refractivity contribution in [2.24, 2.45) is 9.98 Å². The molecule has 0 saturated heterocycles. The first-order chi connectivity index (χ1) is 16.3. The maximum Gasteiger partial charge on any atom is 0.175 e. The van der Waals surface area contributed by atoms with E-state index in [1.54, 1.807) is 34.9 Å². The summed E-state index contributed by atoms with van der Waals surface area (Å²) in [5.41, 5.74) is 4.81. The van der Waals surface area contributed by atoms with Gasteiger partial charge in [0.1, 0.15) is 10.8 Å². The minimum Gasteiger partial charge on any atom is -0.491 e. The van der Waals surface area contributed by atoms with Crippen LogP contribution >= 0.6 is 34.9 Å². The van der Waals surface area contributed by atoms with Gasteiger partial charge in [-0.1, -0.05) is 41.7 Å². The largest absolute Gasteiger partial charge is 0.491 e. The zero-order chi connectivity index (χ0) is 24.5. The van der Waals surface area contributed by atoms with Crippen molar-refractivity contribution in [3.05, 3.63) is 51.9 Å². The van der Waals surface area contributed by atoms with Gasteiger partial charge in [0.25, 0.3) is 0 Å². The van der Waals surface area contributed by atoms with E-state index in [0.717, 1.165) is 39.0 Å². The third-order valence-corrected chi connectivity index (χ3v) is 8.47. The van der Waals surface area contributed by atoms with Crippen LogP contribution in [0, 0.1) is 0 Å². The lowest BCUT2D eigenvalue weighted by Gasteiger charge is -2.34. The molecule has 0 fully saturated rings. The van der Waals surface area contributed by atoms with Crippen LogP contribution in [-0.4, -0.2) is 40.2 Å². The van der Waals surface area contributed by atoms with Crippen LogP contribution in [0.2, 0.25) is 0 Å². The number of hydrogen-bond donors (Lipinski definition) is 0. The molecule has 0 spiro atoms. The van der Waals surface area contributed by atoms with E-state index < -0.39 is 0 Å². The van der Waals surface area contributed by atoms with Crippen molar-refractivity contribution >= 4 is 55.9 Å². The molecule has 182 valence electrons. The van der Waals surface area contributed by atoms with Crippen LogP contribution in [-0.2, 0) is 23.5 Å². The Kier molecular flexibility index (Phi) is 7.82. The fourth-order valence-electron chi connectivity index (χ4n) is 4.19. The lowest BCUT2D eigenvalue weighted by molar-refractivity contribution is -0.0383. The van der Waals surface area contributed by atoms with Gasteiger partial charge in [-0.15, -0.1) is 11.3 Å². The van der Waals surface area contributed by atoms with Crippen molar-refractivity contribution in [3.63, 3.8) is 0 Å². The van der Waals surface area contributed by atoms with E-state index in [-0.39, 0.29) is 11.7 Å². The molecule has 0 aliphatic carbocycles. The SMILES string of the molecule is CC=C1c2c(sc3c2CC(C)(C)OC3)N=C(SC)N1C(=NC)SCc1cccc(OC(C)C)c1. The van der Waals surface area contributed by atoms with Crippen LogP contribution in [0.4, 0.5) is 5.00 Å². The summed E-state index contributed by atoms with van der Waals surface area (Å²) < 4.78 is 12.0. The molecule has 0 atom stereocenters. The van der Waals surface area contributed by atoms with E-state index in [0.29, 0.717) is 6.61 Å². The number of hydrogen-bond acceptors (Lipinski definition) is 7. The minimum absolute atomic E-state index is 0.155. The first-order valence-electron chi connectivity index (χ1n) is 11.5. The van der Waals surface area contributed by atoms with Gasteiger partial charge < -0.3 is 9.47 Å². The molecule has 2 aliphatic heterocycles. The second-order valence-corrected chi connectivity index (χ2v) is 11.9. The maximum absolute atomic E-state index is 6.09. The van der Waals surface area contributed by atoms with Gasteiger partial charge in [0.2, 0.25) is 0 Å². The van der Waals surface area contributed by atoms with Gasteiger partial charge in [-0.05, 0) is 64.1 Å². The van der Waals surface area contributed by atoms with Gasteiger partial charge in [0.05, 0.1) is 24.0 Å². The molecule has 0 N–H and O–H groups in total. The molecule has 0 amide bonds. The Morgan fingerprint density at radius 3 is 2.85 bits per heavy atom. The first kappa shape index (κ1) is 25.4. The molecule has 0 radical (unpaired) electrons. The molecule has 0 bridgehead atoms. The number of nitrogens with zero attached hydrogens (tertiary/aromatic N) is 3. The summed E-state index contributed by atoms with van der Waals surface area (Å²) >= 11 is 5.14. The maximum atomic E-state index is 6.09. The van der Waals surface area contributed by atoms with Crippen LogP contribution in [0.25, 0.3) is 5.70 Å². The fraction of sp³-hybridized carbons (Fsp3) is 0.462. The van der Waals surface area contributed by atoms with E-state index in [1.165, 1.54) is 21.6 Å². The molecule has 2 aromatic rings. The van der Waals surface area contributed by atoms with Gasteiger partial charge in [-0.3, -0.25) is 9.89 Å². The van der Waals surface area contributed by atoms with Crippen molar-refractivity contribution in [1.82, 2.24) is 4.90 Å². The van der Waals surface area contributed by atoms with E-state index in [4.69, 9.17) is 19.5 Å². The van der Waals surface area contributed by atoms with Crippen molar-refractivity contribution < 1.29 is 9.47 Å². The first-order valence-corrected chi connectivity index (χ1v) is 14.5. The molecule has 2 aliphatic rings. The van der Waals surface area contributed by atoms with Crippen LogP contribution in [0.1, 0.15) is 56.2 Å². The number of thioether (sulfide) groups is 2. The Hall–Kier alpha value is -1.74. The molecule has 1 aromatic carbocycles. The Bertz CT molecular complexity index is 1150. The highest BCUT2D eigenvalue weighted by Crippen LogP contribution is 2.49.